The second kappa shape index (κ2) is 10.6. The topological polar surface area (TPSA) is 93.7 Å². The van der Waals surface area contributed by atoms with Crippen molar-refractivity contribution in [3.8, 4) is 5.75 Å². The van der Waals surface area contributed by atoms with E-state index in [0.717, 1.165) is 11.1 Å². The van der Waals surface area contributed by atoms with Crippen LogP contribution >= 0.6 is 0 Å². The molecule has 0 spiro atoms. The molecule has 0 radical (unpaired) electrons. The summed E-state index contributed by atoms with van der Waals surface area (Å²) in [6.45, 7) is 9.22. The van der Waals surface area contributed by atoms with Crippen molar-refractivity contribution in [2.24, 2.45) is 0 Å². The van der Waals surface area contributed by atoms with E-state index >= 15 is 0 Å². The van der Waals surface area contributed by atoms with E-state index in [1.165, 1.54) is 11.2 Å². The third-order valence-electron chi connectivity index (χ3n) is 4.09. The number of hydrogen-bond donors (Lipinski definition) is 1. The third-order valence-corrected chi connectivity index (χ3v) is 4.09. The van der Waals surface area contributed by atoms with Crippen LogP contribution in [-0.2, 0) is 22.4 Å². The van der Waals surface area contributed by atoms with Crippen LogP contribution in [0, 0.1) is 0 Å². The normalized spacial score (nSPS) is 11.9. The fourth-order valence-electron chi connectivity index (χ4n) is 2.65. The molecule has 0 fully saturated rings. The van der Waals surface area contributed by atoms with Gasteiger partial charge in [0.25, 0.3) is 0 Å². The number of hydrogen-bond acceptors (Lipinski definition) is 7. The van der Waals surface area contributed by atoms with Gasteiger partial charge in [-0.15, -0.1) is 6.58 Å². The zero-order chi connectivity index (χ0) is 23.0. The second-order valence-electron chi connectivity index (χ2n) is 8.23. The van der Waals surface area contributed by atoms with E-state index in [-0.39, 0.29) is 0 Å². The Hall–Kier alpha value is -3.42. The monoisotopic (exact) mass is 426 g/mol. The average molecular weight is 427 g/mol. The third kappa shape index (κ3) is 7.73. The van der Waals surface area contributed by atoms with Crippen molar-refractivity contribution in [3.63, 3.8) is 0 Å². The molecule has 31 heavy (non-hydrogen) atoms. The Morgan fingerprint density at radius 3 is 2.48 bits per heavy atom. The van der Waals surface area contributed by atoms with Crippen LogP contribution in [0.15, 0.2) is 49.4 Å². The molecule has 8 nitrogen and oxygen atoms in total. The Bertz CT molecular complexity index is 905. The Morgan fingerprint density at radius 2 is 1.90 bits per heavy atom. The molecule has 8 heteroatoms. The number of amides is 1. The van der Waals surface area contributed by atoms with E-state index in [0.29, 0.717) is 24.4 Å². The molecule has 1 aromatic heterocycles. The highest BCUT2D eigenvalue weighted by Crippen LogP contribution is 2.19. The standard InChI is InChI=1S/C23H30N4O4/c1-7-8-17-14-24-15-25-20(17)26-19(21(28)31-23(2,3)4)13-16-9-11-18(12-10-16)30-22(29)27(5)6/h7,9-12,14-15,19H,1,8,13H2,2-6H3,(H,24,25,26)/t19-/m0/s1. The fraction of sp³-hybridized carbons (Fsp3) is 0.391. The lowest BCUT2D eigenvalue weighted by Gasteiger charge is -2.25. The number of nitrogens with one attached hydrogen (secondary N) is 1. The van der Waals surface area contributed by atoms with E-state index in [9.17, 15) is 9.59 Å². The minimum atomic E-state index is -0.673. The predicted molar refractivity (Wildman–Crippen MR) is 119 cm³/mol. The van der Waals surface area contributed by atoms with E-state index in [4.69, 9.17) is 9.47 Å². The summed E-state index contributed by atoms with van der Waals surface area (Å²) in [7, 11) is 3.23. The summed E-state index contributed by atoms with van der Waals surface area (Å²) in [6, 6.07) is 6.32. The molecule has 1 heterocycles. The van der Waals surface area contributed by atoms with Crippen molar-refractivity contribution in [2.75, 3.05) is 19.4 Å². The van der Waals surface area contributed by atoms with Gasteiger partial charge in [0.05, 0.1) is 0 Å². The molecule has 0 bridgehead atoms. The lowest BCUT2D eigenvalue weighted by atomic mass is 10.0. The molecule has 1 amide bonds. The zero-order valence-corrected chi connectivity index (χ0v) is 18.7. The van der Waals surface area contributed by atoms with Crippen molar-refractivity contribution in [1.82, 2.24) is 14.9 Å². The quantitative estimate of drug-likeness (QED) is 0.509. The van der Waals surface area contributed by atoms with Crippen LogP contribution in [0.5, 0.6) is 5.75 Å². The van der Waals surface area contributed by atoms with Crippen LogP contribution in [-0.4, -0.2) is 52.7 Å². The summed E-state index contributed by atoms with van der Waals surface area (Å²) >= 11 is 0. The SMILES string of the molecule is C=CCc1cncnc1N[C@@H](Cc1ccc(OC(=O)N(C)C)cc1)C(=O)OC(C)(C)C. The van der Waals surface area contributed by atoms with Crippen molar-refractivity contribution >= 4 is 17.9 Å². The maximum atomic E-state index is 12.9. The Balaban J connectivity index is 2.22. The van der Waals surface area contributed by atoms with Gasteiger partial charge in [-0.3, -0.25) is 0 Å². The fourth-order valence-corrected chi connectivity index (χ4v) is 2.65. The van der Waals surface area contributed by atoms with Crippen LogP contribution in [0.1, 0.15) is 31.9 Å². The number of benzene rings is 1. The van der Waals surface area contributed by atoms with Gasteiger partial charge in [0.1, 0.15) is 29.5 Å². The smallest absolute Gasteiger partial charge is 0.414 e. The van der Waals surface area contributed by atoms with Crippen molar-refractivity contribution in [3.05, 3.63) is 60.6 Å². The molecule has 2 rings (SSSR count). The predicted octanol–water partition coefficient (Wildman–Crippen LogP) is 3.63. The van der Waals surface area contributed by atoms with Crippen LogP contribution < -0.4 is 10.1 Å². The van der Waals surface area contributed by atoms with Crippen LogP contribution in [0.25, 0.3) is 0 Å². The first-order valence-corrected chi connectivity index (χ1v) is 9.96. The van der Waals surface area contributed by atoms with Gasteiger partial charge in [-0.1, -0.05) is 18.2 Å². The van der Waals surface area contributed by atoms with Crippen LogP contribution in [0.4, 0.5) is 10.6 Å². The van der Waals surface area contributed by atoms with E-state index in [1.54, 1.807) is 38.5 Å². The molecular formula is C23H30N4O4. The van der Waals surface area contributed by atoms with Gasteiger partial charge >= 0.3 is 12.1 Å². The minimum Gasteiger partial charge on any atom is -0.458 e. The Labute approximate surface area is 183 Å². The summed E-state index contributed by atoms with van der Waals surface area (Å²) in [5.74, 6) is 0.592. The highest BCUT2D eigenvalue weighted by atomic mass is 16.6. The van der Waals surface area contributed by atoms with Gasteiger partial charge < -0.3 is 19.7 Å². The first kappa shape index (κ1) is 23.9. The summed E-state index contributed by atoms with van der Waals surface area (Å²) in [5.41, 5.74) is 1.07. The van der Waals surface area contributed by atoms with E-state index < -0.39 is 23.7 Å². The molecule has 0 aliphatic rings. The summed E-state index contributed by atoms with van der Waals surface area (Å²) < 4.78 is 10.8. The molecule has 1 atom stereocenters. The molecular weight excluding hydrogens is 396 g/mol. The first-order chi connectivity index (χ1) is 14.6. The lowest BCUT2D eigenvalue weighted by molar-refractivity contribution is -0.155. The number of carbonyl (C=O) groups excluding carboxylic acids is 2. The number of allylic oxidation sites excluding steroid dienone is 1. The average Bonchev–Trinajstić information content (AvgIpc) is 2.69. The molecule has 0 unspecified atom stereocenters. The molecule has 1 N–H and O–H groups in total. The number of ether oxygens (including phenoxy) is 2. The molecule has 0 aliphatic carbocycles. The van der Waals surface area contributed by atoms with Gasteiger partial charge in [-0.2, -0.15) is 0 Å². The number of esters is 1. The molecule has 0 aliphatic heterocycles. The van der Waals surface area contributed by atoms with Gasteiger partial charge in [-0.25, -0.2) is 19.6 Å². The maximum Gasteiger partial charge on any atom is 0.414 e. The molecule has 166 valence electrons. The highest BCUT2D eigenvalue weighted by molar-refractivity contribution is 5.80. The van der Waals surface area contributed by atoms with Crippen molar-refractivity contribution in [1.29, 1.82) is 0 Å². The largest absolute Gasteiger partial charge is 0.458 e. The van der Waals surface area contributed by atoms with Crippen LogP contribution in [0.3, 0.4) is 0 Å². The lowest BCUT2D eigenvalue weighted by Crippen LogP contribution is -2.38. The highest BCUT2D eigenvalue weighted by Gasteiger charge is 2.26. The number of nitrogens with zero attached hydrogens (tertiary/aromatic N) is 3. The number of rotatable bonds is 8. The van der Waals surface area contributed by atoms with Crippen LogP contribution in [0.2, 0.25) is 0 Å². The van der Waals surface area contributed by atoms with Gasteiger partial charge in [0.2, 0.25) is 0 Å². The van der Waals surface area contributed by atoms with Crippen molar-refractivity contribution in [2.45, 2.75) is 45.3 Å². The molecule has 1 aromatic carbocycles. The number of aromatic nitrogens is 2. The maximum absolute atomic E-state index is 12.9. The molecule has 2 aromatic rings. The van der Waals surface area contributed by atoms with Gasteiger partial charge in [-0.05, 0) is 44.9 Å². The first-order valence-electron chi connectivity index (χ1n) is 9.96. The molecule has 0 saturated carbocycles. The van der Waals surface area contributed by atoms with Gasteiger partial charge in [0.15, 0.2) is 0 Å². The number of anilines is 1. The number of carbonyl (C=O) groups is 2. The summed E-state index contributed by atoms with van der Waals surface area (Å²) in [6.07, 6.45) is 5.33. The summed E-state index contributed by atoms with van der Waals surface area (Å²) in [5, 5.41) is 3.20. The van der Waals surface area contributed by atoms with Gasteiger partial charge in [0, 0.05) is 32.3 Å². The van der Waals surface area contributed by atoms with E-state index in [1.807, 2.05) is 32.9 Å². The summed E-state index contributed by atoms with van der Waals surface area (Å²) in [4.78, 5) is 34.3. The second-order valence-corrected chi connectivity index (χ2v) is 8.23. The van der Waals surface area contributed by atoms with Crippen molar-refractivity contribution < 1.29 is 19.1 Å². The Kier molecular flexibility index (Phi) is 8.13. The Morgan fingerprint density at radius 1 is 1.23 bits per heavy atom. The minimum absolute atomic E-state index is 0.356. The zero-order valence-electron chi connectivity index (χ0n) is 18.7. The molecule has 0 saturated heterocycles. The van der Waals surface area contributed by atoms with E-state index in [2.05, 4.69) is 21.9 Å².